The molecule has 1 unspecified atom stereocenters. The minimum Gasteiger partial charge on any atom is -0.508 e. The number of anilines is 1. The average Bonchev–Trinajstić information content (AvgIpc) is 1.27. The number of benzene rings is 3. The van der Waals surface area contributed by atoms with Gasteiger partial charge in [-0.15, -0.1) is 0 Å². The summed E-state index contributed by atoms with van der Waals surface area (Å²) in [6, 6.07) is 9.73. The standard InChI is InChI=1S/C85H137F2N7O5/c1-4-72-76(86)56-53-69-63-71(95)64-75(77(69)72)73-54-55-74-79(78(73)87)89-82(99-68-85-59-52-62-94(85)70(57-60-85)65-98-83(97)92(2)3)90-80(74)93-61-51-49-47-45-43-41-39-37-35-33-31-29-27-25-23-21-19-17-15-13-11-9-7-5-6-8-10-12-14-16-18-20-22-24-26-28-30-32-34-36-38-40-42-44-46-48-50-58-84(67-93)66-88-81(96)91-84/h53-56,63-64,70,95H,4-52,57-62,65-68H2,1-3H3,(H2,88,91,96)/t70-,84?,85+/m0/s1. The molecule has 4 aliphatic rings. The number of nitrogens with one attached hydrogen (secondary N) is 2. The van der Waals surface area contributed by atoms with E-state index in [4.69, 9.17) is 19.4 Å². The van der Waals surface area contributed by atoms with Crippen molar-refractivity contribution in [2.24, 2.45) is 0 Å². The van der Waals surface area contributed by atoms with Gasteiger partial charge in [0.05, 0.1) is 11.1 Å². The fraction of sp³-hybridized carbons (Fsp3) is 0.765. The number of aromatic hydroxyl groups is 1. The predicted molar refractivity (Wildman–Crippen MR) is 409 cm³/mol. The summed E-state index contributed by atoms with van der Waals surface area (Å²) in [6.45, 7) is 4.87. The molecular weight excluding hydrogens is 1240 g/mol. The SMILES string of the molecule is CCc1c(F)ccc2cc(O)cc(-c3ccc4c(N5CCCCCCCCCCCCCCCCCCCCCCCCCCCCCCCCCCCCCCCCCCCCCCCCCC6(CNC(=O)N6)C5)nc(OC[C@]56CCCN5[C@H](COC(=O)N(C)C)CC6)nc4c3F)c12. The summed E-state index contributed by atoms with van der Waals surface area (Å²) < 4.78 is 46.5. The van der Waals surface area contributed by atoms with E-state index in [0.717, 1.165) is 70.8 Å². The number of amides is 3. The van der Waals surface area contributed by atoms with Crippen molar-refractivity contribution in [1.82, 2.24) is 30.4 Å². The van der Waals surface area contributed by atoms with Gasteiger partial charge in [-0.05, 0) is 97.7 Å². The summed E-state index contributed by atoms with van der Waals surface area (Å²) in [4.78, 5) is 42.5. The van der Waals surface area contributed by atoms with Crippen molar-refractivity contribution in [2.45, 2.75) is 364 Å². The van der Waals surface area contributed by atoms with E-state index in [1.807, 2.05) is 13.0 Å². The number of phenols is 1. The molecule has 0 saturated carbocycles. The van der Waals surface area contributed by atoms with E-state index >= 15 is 8.78 Å². The van der Waals surface area contributed by atoms with E-state index in [-0.39, 0.29) is 59.0 Å². The maximum atomic E-state index is 18.2. The van der Waals surface area contributed by atoms with Crippen molar-refractivity contribution in [3.63, 3.8) is 0 Å². The lowest BCUT2D eigenvalue weighted by Crippen LogP contribution is -2.53. The predicted octanol–water partition coefficient (Wildman–Crippen LogP) is 23.7. The molecule has 1 aromatic heterocycles. The Morgan fingerprint density at radius 2 is 1.05 bits per heavy atom. The second kappa shape index (κ2) is 45.2. The fourth-order valence-corrected chi connectivity index (χ4v) is 17.2. The van der Waals surface area contributed by atoms with Gasteiger partial charge in [-0.25, -0.2) is 18.4 Å². The van der Waals surface area contributed by atoms with Crippen LogP contribution in [-0.4, -0.2) is 108 Å². The first-order valence-electron chi connectivity index (χ1n) is 41.5. The molecule has 8 rings (SSSR count). The van der Waals surface area contributed by atoms with Gasteiger partial charge in [0.2, 0.25) is 0 Å². The maximum Gasteiger partial charge on any atom is 0.409 e. The molecule has 3 aromatic carbocycles. The van der Waals surface area contributed by atoms with Gasteiger partial charge in [-0.3, -0.25) is 4.90 Å². The Balaban J connectivity index is 0.936. The molecule has 4 fully saturated rings. The molecule has 1 spiro atoms. The van der Waals surface area contributed by atoms with Gasteiger partial charge >= 0.3 is 18.1 Å². The number of hydrogen-bond acceptors (Lipinski definition) is 9. The van der Waals surface area contributed by atoms with Gasteiger partial charge in [0.25, 0.3) is 0 Å². The molecule has 3 N–H and O–H groups in total. The number of ether oxygens (including phenoxy) is 2. The lowest BCUT2D eigenvalue weighted by atomic mass is 9.91. The Labute approximate surface area is 599 Å². The molecule has 99 heavy (non-hydrogen) atoms. The molecule has 14 heteroatoms. The second-order valence-corrected chi connectivity index (χ2v) is 31.5. The Kier molecular flexibility index (Phi) is 36.4. The quantitative estimate of drug-likeness (QED) is 0.158. The zero-order chi connectivity index (χ0) is 69.6. The zero-order valence-corrected chi connectivity index (χ0v) is 62.8. The highest BCUT2D eigenvalue weighted by Crippen LogP contribution is 2.45. The normalized spacial score (nSPS) is 24.1. The summed E-state index contributed by atoms with van der Waals surface area (Å²) >= 11 is 0. The van der Waals surface area contributed by atoms with Crippen molar-refractivity contribution in [3.8, 4) is 22.9 Å². The number of rotatable bonds is 8. The van der Waals surface area contributed by atoms with E-state index in [0.29, 0.717) is 65.8 Å². The molecule has 12 nitrogen and oxygen atoms in total. The molecule has 0 radical (unpaired) electrons. The number of fused-ring (bicyclic) bond motifs is 3. The first kappa shape index (κ1) is 79.7. The third-order valence-corrected chi connectivity index (χ3v) is 23.2. The first-order valence-corrected chi connectivity index (χ1v) is 41.5. The Hall–Kier alpha value is -4.98. The lowest BCUT2D eigenvalue weighted by molar-refractivity contribution is 0.0484. The monoisotopic (exact) mass is 1370 g/mol. The highest BCUT2D eigenvalue weighted by molar-refractivity contribution is 6.03. The van der Waals surface area contributed by atoms with Crippen molar-refractivity contribution in [3.05, 3.63) is 53.6 Å². The third-order valence-electron chi connectivity index (χ3n) is 23.2. The Morgan fingerprint density at radius 3 is 1.51 bits per heavy atom. The van der Waals surface area contributed by atoms with Crippen molar-refractivity contribution < 1.29 is 33.0 Å². The molecule has 3 amide bonds. The summed E-state index contributed by atoms with van der Waals surface area (Å²) in [5, 5.41) is 19.4. The largest absolute Gasteiger partial charge is 0.508 e. The van der Waals surface area contributed by atoms with Crippen LogP contribution in [0.25, 0.3) is 32.8 Å². The number of aromatic nitrogens is 2. The number of halogens is 2. The topological polar surface area (TPSA) is 132 Å². The number of phenolic OH excluding ortho intramolecular Hbond substituents is 1. The summed E-state index contributed by atoms with van der Waals surface area (Å²) in [5.74, 6) is -0.481. The smallest absolute Gasteiger partial charge is 0.409 e. The number of carbonyl (C=O) groups is 2. The minimum absolute atomic E-state index is 0.0445. The van der Waals surface area contributed by atoms with Crippen molar-refractivity contribution in [1.29, 1.82) is 0 Å². The molecule has 0 aliphatic carbocycles. The van der Waals surface area contributed by atoms with E-state index < -0.39 is 11.4 Å². The molecule has 4 aliphatic heterocycles. The Bertz CT molecular complexity index is 2950. The molecule has 5 heterocycles. The van der Waals surface area contributed by atoms with Crippen LogP contribution in [0.1, 0.15) is 346 Å². The highest BCUT2D eigenvalue weighted by Gasteiger charge is 2.50. The number of hydrogen-bond donors (Lipinski definition) is 3. The van der Waals surface area contributed by atoms with Crippen LogP contribution >= 0.6 is 0 Å². The van der Waals surface area contributed by atoms with Gasteiger partial charge in [0.15, 0.2) is 5.82 Å². The minimum atomic E-state index is -0.607. The first-order chi connectivity index (χ1) is 48.5. The average molecular weight is 1380 g/mol. The molecule has 4 aromatic rings. The summed E-state index contributed by atoms with van der Waals surface area (Å²) in [6.07, 6.45) is 67.6. The van der Waals surface area contributed by atoms with Crippen LogP contribution in [0.3, 0.4) is 0 Å². The lowest BCUT2D eigenvalue weighted by Gasteiger charge is -2.36. The summed E-state index contributed by atoms with van der Waals surface area (Å²) in [5.41, 5.74) is 0.175. The van der Waals surface area contributed by atoms with E-state index in [9.17, 15) is 14.7 Å². The number of carbonyl (C=O) groups excluding carboxylic acids is 2. The zero-order valence-electron chi connectivity index (χ0n) is 62.8. The highest BCUT2D eigenvalue weighted by atomic mass is 19.1. The Morgan fingerprint density at radius 1 is 0.576 bits per heavy atom. The molecule has 556 valence electrons. The van der Waals surface area contributed by atoms with E-state index in [1.54, 1.807) is 32.3 Å². The van der Waals surface area contributed by atoms with Crippen molar-refractivity contribution >= 4 is 39.6 Å². The van der Waals surface area contributed by atoms with Gasteiger partial charge in [-0.1, -0.05) is 314 Å². The number of nitrogens with zero attached hydrogens (tertiary/aromatic N) is 5. The maximum absolute atomic E-state index is 18.2. The van der Waals surface area contributed by atoms with Crippen molar-refractivity contribution in [2.75, 3.05) is 58.4 Å². The van der Waals surface area contributed by atoms with Gasteiger partial charge in [0.1, 0.15) is 36.1 Å². The third kappa shape index (κ3) is 26.7. The summed E-state index contributed by atoms with van der Waals surface area (Å²) in [7, 11) is 3.39. The van der Waals surface area contributed by atoms with Gasteiger partial charge in [0, 0.05) is 50.7 Å². The second-order valence-electron chi connectivity index (χ2n) is 31.5. The van der Waals surface area contributed by atoms with Crippen LogP contribution in [-0.2, 0) is 11.2 Å². The van der Waals surface area contributed by atoms with Crippen LogP contribution in [0.2, 0.25) is 0 Å². The molecule has 4 saturated heterocycles. The van der Waals surface area contributed by atoms with Gasteiger partial charge < -0.3 is 35.0 Å². The van der Waals surface area contributed by atoms with Crippen LogP contribution < -0.4 is 20.3 Å². The molecule has 0 bridgehead atoms. The van der Waals surface area contributed by atoms with Crippen LogP contribution in [0, 0.1) is 11.6 Å². The number of aryl methyl sites for hydroxylation is 1. The van der Waals surface area contributed by atoms with E-state index in [1.165, 1.54) is 287 Å². The van der Waals surface area contributed by atoms with Crippen LogP contribution in [0.15, 0.2) is 36.4 Å². The van der Waals surface area contributed by atoms with Crippen LogP contribution in [0.4, 0.5) is 24.2 Å². The fourth-order valence-electron chi connectivity index (χ4n) is 17.2. The van der Waals surface area contributed by atoms with Crippen LogP contribution in [0.5, 0.6) is 11.8 Å². The van der Waals surface area contributed by atoms with Gasteiger partial charge in [-0.2, -0.15) is 9.97 Å². The number of urea groups is 1. The molecule has 3 atom stereocenters. The van der Waals surface area contributed by atoms with E-state index in [2.05, 4.69) is 20.4 Å². The molecular formula is C85H137F2N7O5.